The van der Waals surface area contributed by atoms with E-state index in [2.05, 4.69) is 15.4 Å². The first-order valence-electron chi connectivity index (χ1n) is 6.96. The van der Waals surface area contributed by atoms with Crippen LogP contribution in [0.5, 0.6) is 0 Å². The van der Waals surface area contributed by atoms with Crippen molar-refractivity contribution in [2.45, 2.75) is 0 Å². The van der Waals surface area contributed by atoms with Crippen LogP contribution in [0.3, 0.4) is 0 Å². The fourth-order valence-corrected chi connectivity index (χ4v) is 2.68. The van der Waals surface area contributed by atoms with Gasteiger partial charge in [0.2, 0.25) is 0 Å². The lowest BCUT2D eigenvalue weighted by molar-refractivity contribution is -0.384. The standard InChI is InChI=1S/C15H15N3O5S/c1-23-15(20)13-7-6-12(24-13)14(19)17-9-8-16-10-2-4-11(5-3-10)18(21)22/h2-7,16H,8-9H2,1H3,(H,17,19). The molecule has 1 aromatic carbocycles. The summed E-state index contributed by atoms with van der Waals surface area (Å²) in [4.78, 5) is 34.2. The van der Waals surface area contributed by atoms with Crippen molar-refractivity contribution in [2.24, 2.45) is 0 Å². The van der Waals surface area contributed by atoms with Crippen LogP contribution in [0.25, 0.3) is 0 Å². The maximum Gasteiger partial charge on any atom is 0.348 e. The molecule has 0 aliphatic rings. The molecule has 126 valence electrons. The molecule has 1 amide bonds. The van der Waals surface area contributed by atoms with E-state index >= 15 is 0 Å². The normalized spacial score (nSPS) is 10.0. The summed E-state index contributed by atoms with van der Waals surface area (Å²) in [5, 5.41) is 16.3. The van der Waals surface area contributed by atoms with E-state index in [9.17, 15) is 19.7 Å². The maximum absolute atomic E-state index is 11.9. The fraction of sp³-hybridized carbons (Fsp3) is 0.200. The van der Waals surface area contributed by atoms with Crippen molar-refractivity contribution in [3.05, 3.63) is 56.3 Å². The number of anilines is 1. The van der Waals surface area contributed by atoms with Gasteiger partial charge in [-0.2, -0.15) is 0 Å². The van der Waals surface area contributed by atoms with E-state index in [0.717, 1.165) is 17.0 Å². The van der Waals surface area contributed by atoms with Crippen LogP contribution in [-0.2, 0) is 4.74 Å². The number of non-ortho nitro benzene ring substituents is 1. The summed E-state index contributed by atoms with van der Waals surface area (Å²) in [6.45, 7) is 0.820. The zero-order chi connectivity index (χ0) is 17.5. The molecule has 0 spiro atoms. The van der Waals surface area contributed by atoms with Gasteiger partial charge in [-0.1, -0.05) is 0 Å². The number of hydrogen-bond donors (Lipinski definition) is 2. The van der Waals surface area contributed by atoms with E-state index < -0.39 is 10.9 Å². The number of nitrogens with one attached hydrogen (secondary N) is 2. The van der Waals surface area contributed by atoms with E-state index in [1.54, 1.807) is 24.3 Å². The van der Waals surface area contributed by atoms with Crippen molar-refractivity contribution in [1.82, 2.24) is 5.32 Å². The number of thiophene rings is 1. The molecule has 2 rings (SSSR count). The number of methoxy groups -OCH3 is 1. The first kappa shape index (κ1) is 17.4. The van der Waals surface area contributed by atoms with Crippen molar-refractivity contribution in [3.8, 4) is 0 Å². The zero-order valence-electron chi connectivity index (χ0n) is 12.8. The smallest absolute Gasteiger partial charge is 0.348 e. The molecule has 0 unspecified atom stereocenters. The van der Waals surface area contributed by atoms with Gasteiger partial charge in [0.15, 0.2) is 0 Å². The number of rotatable bonds is 7. The number of benzene rings is 1. The highest BCUT2D eigenvalue weighted by Gasteiger charge is 2.13. The average molecular weight is 349 g/mol. The van der Waals surface area contributed by atoms with E-state index in [1.807, 2.05) is 0 Å². The molecule has 2 N–H and O–H groups in total. The topological polar surface area (TPSA) is 111 Å². The van der Waals surface area contributed by atoms with Gasteiger partial charge >= 0.3 is 5.97 Å². The summed E-state index contributed by atoms with van der Waals surface area (Å²) in [6, 6.07) is 9.11. The Morgan fingerprint density at radius 2 is 1.79 bits per heavy atom. The SMILES string of the molecule is COC(=O)c1ccc(C(=O)NCCNc2ccc([N+](=O)[O-])cc2)s1. The minimum Gasteiger partial charge on any atom is -0.465 e. The molecular formula is C15H15N3O5S. The van der Waals surface area contributed by atoms with Crippen LogP contribution >= 0.6 is 11.3 Å². The summed E-state index contributed by atoms with van der Waals surface area (Å²) >= 11 is 1.06. The predicted molar refractivity (Wildman–Crippen MR) is 89.6 cm³/mol. The van der Waals surface area contributed by atoms with Gasteiger partial charge in [-0.15, -0.1) is 11.3 Å². The highest BCUT2D eigenvalue weighted by atomic mass is 32.1. The van der Waals surface area contributed by atoms with Crippen LogP contribution in [0.1, 0.15) is 19.3 Å². The lowest BCUT2D eigenvalue weighted by atomic mass is 10.3. The molecule has 0 saturated carbocycles. The molecule has 0 aliphatic carbocycles. The van der Waals surface area contributed by atoms with Crippen molar-refractivity contribution < 1.29 is 19.2 Å². The van der Waals surface area contributed by atoms with E-state index in [4.69, 9.17) is 0 Å². The molecule has 8 nitrogen and oxygen atoms in total. The Morgan fingerprint density at radius 3 is 2.42 bits per heavy atom. The minimum absolute atomic E-state index is 0.0213. The molecule has 9 heteroatoms. The van der Waals surface area contributed by atoms with Crippen LogP contribution < -0.4 is 10.6 Å². The lowest BCUT2D eigenvalue weighted by Crippen LogP contribution is -2.28. The lowest BCUT2D eigenvalue weighted by Gasteiger charge is -2.07. The van der Waals surface area contributed by atoms with Gasteiger partial charge in [-0.05, 0) is 24.3 Å². The number of amides is 1. The van der Waals surface area contributed by atoms with Crippen molar-refractivity contribution in [2.75, 3.05) is 25.5 Å². The Kier molecular flexibility index (Phi) is 5.85. The third kappa shape index (κ3) is 4.53. The van der Waals surface area contributed by atoms with Crippen LogP contribution in [0.2, 0.25) is 0 Å². The molecule has 1 heterocycles. The predicted octanol–water partition coefficient (Wildman–Crippen LogP) is 2.28. The second-order valence-corrected chi connectivity index (χ2v) is 5.73. The summed E-state index contributed by atoms with van der Waals surface area (Å²) in [6.07, 6.45) is 0. The number of carbonyl (C=O) groups excluding carboxylic acids is 2. The molecule has 0 atom stereocenters. The summed E-state index contributed by atoms with van der Waals surface area (Å²) < 4.78 is 4.59. The highest BCUT2D eigenvalue weighted by Crippen LogP contribution is 2.17. The second-order valence-electron chi connectivity index (χ2n) is 4.64. The van der Waals surface area contributed by atoms with E-state index in [0.29, 0.717) is 22.8 Å². The third-order valence-electron chi connectivity index (χ3n) is 3.03. The monoisotopic (exact) mass is 349 g/mol. The number of hydrogen-bond acceptors (Lipinski definition) is 7. The second kappa shape index (κ2) is 8.06. The zero-order valence-corrected chi connectivity index (χ0v) is 13.6. The number of nitro benzene ring substituents is 1. The summed E-state index contributed by atoms with van der Waals surface area (Å²) in [7, 11) is 1.28. The summed E-state index contributed by atoms with van der Waals surface area (Å²) in [5.74, 6) is -0.750. The molecule has 1 aromatic heterocycles. The average Bonchev–Trinajstić information content (AvgIpc) is 3.08. The first-order chi connectivity index (χ1) is 11.5. The number of nitro groups is 1. The Bertz CT molecular complexity index is 742. The molecule has 0 aliphatic heterocycles. The number of nitrogens with zero attached hydrogens (tertiary/aromatic N) is 1. The molecule has 0 radical (unpaired) electrons. The van der Waals surface area contributed by atoms with Crippen LogP contribution in [0.15, 0.2) is 36.4 Å². The molecule has 0 saturated heterocycles. The van der Waals surface area contributed by atoms with Crippen molar-refractivity contribution in [1.29, 1.82) is 0 Å². The Labute approximate surface area is 141 Å². The van der Waals surface area contributed by atoms with Gasteiger partial charge in [-0.3, -0.25) is 14.9 Å². The quantitative estimate of drug-likeness (QED) is 0.343. The maximum atomic E-state index is 11.9. The molecule has 0 bridgehead atoms. The van der Waals surface area contributed by atoms with Crippen LogP contribution in [0, 0.1) is 10.1 Å². The van der Waals surface area contributed by atoms with Gasteiger partial charge in [0, 0.05) is 30.9 Å². The van der Waals surface area contributed by atoms with Crippen molar-refractivity contribution >= 4 is 34.6 Å². The molecular weight excluding hydrogens is 334 g/mol. The first-order valence-corrected chi connectivity index (χ1v) is 7.77. The van der Waals surface area contributed by atoms with E-state index in [-0.39, 0.29) is 11.6 Å². The molecule has 24 heavy (non-hydrogen) atoms. The molecule has 2 aromatic rings. The van der Waals surface area contributed by atoms with Gasteiger partial charge in [0.05, 0.1) is 16.9 Å². The number of esters is 1. The van der Waals surface area contributed by atoms with E-state index in [1.165, 1.54) is 19.2 Å². The van der Waals surface area contributed by atoms with Crippen LogP contribution in [-0.4, -0.2) is 37.0 Å². The number of ether oxygens (including phenoxy) is 1. The molecule has 0 fully saturated rings. The van der Waals surface area contributed by atoms with Crippen LogP contribution in [0.4, 0.5) is 11.4 Å². The van der Waals surface area contributed by atoms with Gasteiger partial charge in [0.25, 0.3) is 11.6 Å². The Morgan fingerprint density at radius 1 is 1.12 bits per heavy atom. The minimum atomic E-state index is -0.473. The van der Waals surface area contributed by atoms with Gasteiger partial charge in [0.1, 0.15) is 4.88 Å². The Hall–Kier alpha value is -2.94. The van der Waals surface area contributed by atoms with Gasteiger partial charge in [-0.25, -0.2) is 4.79 Å². The largest absolute Gasteiger partial charge is 0.465 e. The number of carbonyl (C=O) groups is 2. The van der Waals surface area contributed by atoms with Gasteiger partial charge < -0.3 is 15.4 Å². The fourth-order valence-electron chi connectivity index (χ4n) is 1.84. The van der Waals surface area contributed by atoms with Crippen molar-refractivity contribution in [3.63, 3.8) is 0 Å². The summed E-state index contributed by atoms with van der Waals surface area (Å²) in [5.41, 5.74) is 0.743. The Balaban J connectivity index is 1.77. The third-order valence-corrected chi connectivity index (χ3v) is 4.10. The highest BCUT2D eigenvalue weighted by molar-refractivity contribution is 7.15.